The summed E-state index contributed by atoms with van der Waals surface area (Å²) in [6, 6.07) is 8.97. The van der Waals surface area contributed by atoms with Crippen LogP contribution >= 0.6 is 11.5 Å². The lowest BCUT2D eigenvalue weighted by molar-refractivity contribution is 0.599. The van der Waals surface area contributed by atoms with E-state index < -0.39 is 0 Å². The summed E-state index contributed by atoms with van der Waals surface area (Å²) in [5, 5.41) is 7.94. The first-order chi connectivity index (χ1) is 9.76. The van der Waals surface area contributed by atoms with Gasteiger partial charge in [0, 0.05) is 0 Å². The SMILES string of the molecule is CCCNC(c1ccc(C)cc1)c1snnc1CCC. The second kappa shape index (κ2) is 7.50. The minimum atomic E-state index is 0.220. The molecule has 1 atom stereocenters. The van der Waals surface area contributed by atoms with Gasteiger partial charge in [-0.3, -0.25) is 0 Å². The van der Waals surface area contributed by atoms with Crippen molar-refractivity contribution in [2.75, 3.05) is 6.54 Å². The van der Waals surface area contributed by atoms with E-state index in [9.17, 15) is 0 Å². The highest BCUT2D eigenvalue weighted by Gasteiger charge is 2.20. The smallest absolute Gasteiger partial charge is 0.0807 e. The van der Waals surface area contributed by atoms with Crippen LogP contribution in [0.2, 0.25) is 0 Å². The molecule has 1 aromatic carbocycles. The molecule has 0 saturated heterocycles. The van der Waals surface area contributed by atoms with E-state index in [4.69, 9.17) is 0 Å². The molecule has 0 aliphatic carbocycles. The quantitative estimate of drug-likeness (QED) is 0.840. The molecule has 1 heterocycles. The van der Waals surface area contributed by atoms with Crippen molar-refractivity contribution < 1.29 is 0 Å². The third kappa shape index (κ3) is 3.64. The van der Waals surface area contributed by atoms with Crippen LogP contribution in [0.15, 0.2) is 24.3 Å². The van der Waals surface area contributed by atoms with Gasteiger partial charge in [-0.1, -0.05) is 54.6 Å². The van der Waals surface area contributed by atoms with Crippen LogP contribution in [-0.4, -0.2) is 16.1 Å². The molecule has 0 saturated carbocycles. The highest BCUT2D eigenvalue weighted by atomic mass is 32.1. The molecule has 0 spiro atoms. The van der Waals surface area contributed by atoms with Crippen LogP contribution < -0.4 is 5.32 Å². The van der Waals surface area contributed by atoms with Gasteiger partial charge in [-0.2, -0.15) is 0 Å². The van der Waals surface area contributed by atoms with Gasteiger partial charge >= 0.3 is 0 Å². The van der Waals surface area contributed by atoms with E-state index in [0.717, 1.165) is 31.5 Å². The van der Waals surface area contributed by atoms with Gasteiger partial charge in [-0.05, 0) is 43.4 Å². The molecule has 0 aliphatic heterocycles. The van der Waals surface area contributed by atoms with E-state index in [-0.39, 0.29) is 6.04 Å². The van der Waals surface area contributed by atoms with Crippen molar-refractivity contribution in [2.45, 2.75) is 46.1 Å². The predicted molar refractivity (Wildman–Crippen MR) is 85.2 cm³/mol. The lowest BCUT2D eigenvalue weighted by Crippen LogP contribution is -2.23. The molecule has 1 aromatic heterocycles. The summed E-state index contributed by atoms with van der Waals surface area (Å²) in [5.74, 6) is 0. The Kier molecular flexibility index (Phi) is 5.68. The number of benzene rings is 1. The molecule has 1 N–H and O–H groups in total. The standard InChI is InChI=1S/C16H23N3S/c1-4-6-14-16(20-19-18-14)15(17-11-5-2)13-9-7-12(3)8-10-13/h7-10,15,17H,4-6,11H2,1-3H3. The van der Waals surface area contributed by atoms with E-state index in [2.05, 4.69) is 59.9 Å². The van der Waals surface area contributed by atoms with Gasteiger partial charge in [-0.15, -0.1) is 5.10 Å². The first-order valence-corrected chi connectivity index (χ1v) is 8.14. The fraction of sp³-hybridized carbons (Fsp3) is 0.500. The molecule has 0 amide bonds. The van der Waals surface area contributed by atoms with E-state index in [1.165, 1.54) is 27.5 Å². The normalized spacial score (nSPS) is 12.6. The Hall–Kier alpha value is -1.26. The summed E-state index contributed by atoms with van der Waals surface area (Å²) < 4.78 is 4.16. The highest BCUT2D eigenvalue weighted by molar-refractivity contribution is 7.05. The molecule has 20 heavy (non-hydrogen) atoms. The Labute approximate surface area is 125 Å². The number of hydrogen-bond donors (Lipinski definition) is 1. The third-order valence-electron chi connectivity index (χ3n) is 3.34. The molecule has 0 fully saturated rings. The van der Waals surface area contributed by atoms with Crippen LogP contribution in [0.25, 0.3) is 0 Å². The van der Waals surface area contributed by atoms with Gasteiger partial charge in [0.15, 0.2) is 0 Å². The summed E-state index contributed by atoms with van der Waals surface area (Å²) in [6.45, 7) is 7.50. The molecule has 2 aromatic rings. The zero-order valence-electron chi connectivity index (χ0n) is 12.5. The van der Waals surface area contributed by atoms with Crippen molar-refractivity contribution in [1.29, 1.82) is 0 Å². The summed E-state index contributed by atoms with van der Waals surface area (Å²) in [4.78, 5) is 1.27. The lowest BCUT2D eigenvalue weighted by atomic mass is 10.0. The van der Waals surface area contributed by atoms with Crippen molar-refractivity contribution in [1.82, 2.24) is 14.9 Å². The summed E-state index contributed by atoms with van der Waals surface area (Å²) in [5.41, 5.74) is 3.73. The third-order valence-corrected chi connectivity index (χ3v) is 4.17. The molecule has 0 bridgehead atoms. The monoisotopic (exact) mass is 289 g/mol. The number of aromatic nitrogens is 2. The summed E-state index contributed by atoms with van der Waals surface area (Å²) in [6.07, 6.45) is 3.23. The lowest BCUT2D eigenvalue weighted by Gasteiger charge is -2.18. The fourth-order valence-corrected chi connectivity index (χ4v) is 3.05. The van der Waals surface area contributed by atoms with Gasteiger partial charge in [0.25, 0.3) is 0 Å². The average Bonchev–Trinajstić information content (AvgIpc) is 2.90. The highest BCUT2D eigenvalue weighted by Crippen LogP contribution is 2.28. The van der Waals surface area contributed by atoms with Crippen LogP contribution in [0.1, 0.15) is 54.4 Å². The maximum Gasteiger partial charge on any atom is 0.0807 e. The minimum absolute atomic E-state index is 0.220. The molecule has 2 rings (SSSR count). The Morgan fingerprint density at radius 2 is 1.90 bits per heavy atom. The largest absolute Gasteiger partial charge is 0.305 e. The number of nitrogens with zero attached hydrogens (tertiary/aromatic N) is 2. The van der Waals surface area contributed by atoms with Gasteiger partial charge in [0.2, 0.25) is 0 Å². The van der Waals surface area contributed by atoms with E-state index in [1.807, 2.05) is 0 Å². The molecule has 108 valence electrons. The summed E-state index contributed by atoms with van der Waals surface area (Å²) >= 11 is 1.52. The number of rotatable bonds is 7. The van der Waals surface area contributed by atoms with Crippen molar-refractivity contribution in [3.8, 4) is 0 Å². The predicted octanol–water partition coefficient (Wildman–Crippen LogP) is 3.89. The summed E-state index contributed by atoms with van der Waals surface area (Å²) in [7, 11) is 0. The number of hydrogen-bond acceptors (Lipinski definition) is 4. The van der Waals surface area contributed by atoms with Crippen LogP contribution in [0.5, 0.6) is 0 Å². The zero-order chi connectivity index (χ0) is 14.4. The average molecular weight is 289 g/mol. The maximum atomic E-state index is 4.31. The van der Waals surface area contributed by atoms with Gasteiger partial charge in [-0.25, -0.2) is 0 Å². The van der Waals surface area contributed by atoms with Crippen molar-refractivity contribution in [3.63, 3.8) is 0 Å². The van der Waals surface area contributed by atoms with Crippen LogP contribution in [0.3, 0.4) is 0 Å². The molecule has 3 nitrogen and oxygen atoms in total. The van der Waals surface area contributed by atoms with Crippen LogP contribution in [0, 0.1) is 6.92 Å². The molecule has 1 unspecified atom stereocenters. The fourth-order valence-electron chi connectivity index (χ4n) is 2.25. The topological polar surface area (TPSA) is 37.8 Å². The minimum Gasteiger partial charge on any atom is -0.305 e. The van der Waals surface area contributed by atoms with E-state index in [0.29, 0.717) is 0 Å². The van der Waals surface area contributed by atoms with Gasteiger partial charge in [0.05, 0.1) is 16.6 Å². The Morgan fingerprint density at radius 1 is 1.15 bits per heavy atom. The number of nitrogens with one attached hydrogen (secondary N) is 1. The molecule has 0 radical (unpaired) electrons. The zero-order valence-corrected chi connectivity index (χ0v) is 13.3. The second-order valence-electron chi connectivity index (χ2n) is 5.13. The Morgan fingerprint density at radius 3 is 2.55 bits per heavy atom. The molecular formula is C16H23N3S. The van der Waals surface area contributed by atoms with Gasteiger partial charge < -0.3 is 5.32 Å². The Balaban J connectivity index is 2.31. The first kappa shape index (κ1) is 15.1. The van der Waals surface area contributed by atoms with Crippen LogP contribution in [0.4, 0.5) is 0 Å². The van der Waals surface area contributed by atoms with Crippen molar-refractivity contribution in [2.24, 2.45) is 0 Å². The molecular weight excluding hydrogens is 266 g/mol. The van der Waals surface area contributed by atoms with Gasteiger partial charge in [0.1, 0.15) is 0 Å². The van der Waals surface area contributed by atoms with E-state index >= 15 is 0 Å². The van der Waals surface area contributed by atoms with E-state index in [1.54, 1.807) is 0 Å². The second-order valence-corrected chi connectivity index (χ2v) is 5.92. The van der Waals surface area contributed by atoms with Crippen molar-refractivity contribution in [3.05, 3.63) is 46.0 Å². The molecule has 4 heteroatoms. The molecule has 0 aliphatic rings. The maximum absolute atomic E-state index is 4.31. The Bertz CT molecular complexity index is 519. The first-order valence-electron chi connectivity index (χ1n) is 7.37. The number of aryl methyl sites for hydroxylation is 2. The van der Waals surface area contributed by atoms with Crippen LogP contribution in [-0.2, 0) is 6.42 Å². The van der Waals surface area contributed by atoms with Crippen molar-refractivity contribution >= 4 is 11.5 Å².